The maximum Gasteiger partial charge on any atom is 0.0741 e. The predicted octanol–water partition coefficient (Wildman–Crippen LogP) is 1.27. The van der Waals surface area contributed by atoms with Gasteiger partial charge in [0.25, 0.3) is 0 Å². The first kappa shape index (κ1) is 11.4. The zero-order valence-electron chi connectivity index (χ0n) is 9.80. The fourth-order valence-electron chi connectivity index (χ4n) is 2.66. The quantitative estimate of drug-likeness (QED) is 0.721. The van der Waals surface area contributed by atoms with E-state index in [0.29, 0.717) is 6.54 Å². The van der Waals surface area contributed by atoms with Crippen LogP contribution >= 0.6 is 0 Å². The molecule has 0 aromatic rings. The number of rotatable bonds is 5. The highest BCUT2D eigenvalue weighted by Gasteiger charge is 2.39. The van der Waals surface area contributed by atoms with Crippen molar-refractivity contribution in [3.05, 3.63) is 0 Å². The first-order chi connectivity index (χ1) is 7.27. The Morgan fingerprint density at radius 3 is 2.73 bits per heavy atom. The van der Waals surface area contributed by atoms with Gasteiger partial charge in [0.15, 0.2) is 0 Å². The van der Waals surface area contributed by atoms with Crippen molar-refractivity contribution in [2.75, 3.05) is 19.7 Å². The van der Waals surface area contributed by atoms with E-state index in [0.717, 1.165) is 25.5 Å². The van der Waals surface area contributed by atoms with Gasteiger partial charge in [-0.15, -0.1) is 0 Å². The molecule has 0 aromatic carbocycles. The van der Waals surface area contributed by atoms with Crippen molar-refractivity contribution in [3.63, 3.8) is 0 Å². The maximum atomic E-state index is 5.88. The lowest BCUT2D eigenvalue weighted by molar-refractivity contribution is 0.0842. The molecule has 2 aliphatic rings. The molecule has 3 nitrogen and oxygen atoms in total. The summed E-state index contributed by atoms with van der Waals surface area (Å²) < 4.78 is 5.62. The number of hydrogen-bond acceptors (Lipinski definition) is 3. The third-order valence-electron chi connectivity index (χ3n) is 4.31. The summed E-state index contributed by atoms with van der Waals surface area (Å²) in [6.07, 6.45) is 6.95. The van der Waals surface area contributed by atoms with Crippen LogP contribution in [0.15, 0.2) is 0 Å². The van der Waals surface area contributed by atoms with Crippen LogP contribution in [-0.2, 0) is 4.74 Å². The predicted molar refractivity (Wildman–Crippen MR) is 61.8 cm³/mol. The number of nitrogens with two attached hydrogens (primary N) is 1. The standard InChI is InChI=1S/C12H24N2O/c1-10-12(9-13,6-8-15-10)14-7-5-11-3-2-4-11/h10-11,14H,2-9,13H2,1H3. The highest BCUT2D eigenvalue weighted by molar-refractivity contribution is 4.98. The Morgan fingerprint density at radius 1 is 1.47 bits per heavy atom. The maximum absolute atomic E-state index is 5.88. The van der Waals surface area contributed by atoms with Crippen molar-refractivity contribution in [2.24, 2.45) is 11.7 Å². The van der Waals surface area contributed by atoms with Crippen LogP contribution in [0, 0.1) is 5.92 Å². The van der Waals surface area contributed by atoms with E-state index in [2.05, 4.69) is 12.2 Å². The monoisotopic (exact) mass is 212 g/mol. The minimum Gasteiger partial charge on any atom is -0.376 e. The van der Waals surface area contributed by atoms with E-state index in [-0.39, 0.29) is 11.6 Å². The molecule has 0 amide bonds. The fraction of sp³-hybridized carbons (Fsp3) is 1.00. The number of ether oxygens (including phenoxy) is 1. The minimum atomic E-state index is 0.0593. The summed E-state index contributed by atoms with van der Waals surface area (Å²) in [5, 5.41) is 3.64. The molecule has 2 unspecified atom stereocenters. The summed E-state index contributed by atoms with van der Waals surface area (Å²) in [7, 11) is 0. The van der Waals surface area contributed by atoms with E-state index < -0.39 is 0 Å². The normalized spacial score (nSPS) is 36.8. The van der Waals surface area contributed by atoms with Crippen molar-refractivity contribution >= 4 is 0 Å². The Bertz CT molecular complexity index is 206. The second-order valence-electron chi connectivity index (χ2n) is 5.14. The Kier molecular flexibility index (Phi) is 3.65. The van der Waals surface area contributed by atoms with Gasteiger partial charge in [0.1, 0.15) is 0 Å². The Morgan fingerprint density at radius 2 is 2.27 bits per heavy atom. The van der Waals surface area contributed by atoms with Crippen LogP contribution in [0.25, 0.3) is 0 Å². The minimum absolute atomic E-state index is 0.0593. The molecule has 1 aliphatic heterocycles. The molecule has 0 bridgehead atoms. The average molecular weight is 212 g/mol. The van der Waals surface area contributed by atoms with Crippen LogP contribution in [0.2, 0.25) is 0 Å². The summed E-state index contributed by atoms with van der Waals surface area (Å²) in [5.41, 5.74) is 5.94. The van der Waals surface area contributed by atoms with E-state index in [1.165, 1.54) is 25.7 Å². The van der Waals surface area contributed by atoms with Crippen LogP contribution in [0.4, 0.5) is 0 Å². The van der Waals surface area contributed by atoms with E-state index in [4.69, 9.17) is 10.5 Å². The highest BCUT2D eigenvalue weighted by Crippen LogP contribution is 2.30. The molecule has 2 atom stereocenters. The SMILES string of the molecule is CC1OCCC1(CN)NCCC1CCC1. The van der Waals surface area contributed by atoms with Gasteiger partial charge in [0.2, 0.25) is 0 Å². The molecular weight excluding hydrogens is 188 g/mol. The number of hydrogen-bond donors (Lipinski definition) is 2. The summed E-state index contributed by atoms with van der Waals surface area (Å²) >= 11 is 0. The first-order valence-electron chi connectivity index (χ1n) is 6.33. The molecule has 1 saturated heterocycles. The largest absolute Gasteiger partial charge is 0.376 e. The summed E-state index contributed by atoms with van der Waals surface area (Å²) in [4.78, 5) is 0. The molecule has 2 fully saturated rings. The van der Waals surface area contributed by atoms with Gasteiger partial charge in [-0.25, -0.2) is 0 Å². The molecule has 3 N–H and O–H groups in total. The molecule has 2 rings (SSSR count). The molecule has 0 radical (unpaired) electrons. The molecule has 88 valence electrons. The van der Waals surface area contributed by atoms with Crippen LogP contribution < -0.4 is 11.1 Å². The first-order valence-corrected chi connectivity index (χ1v) is 6.33. The summed E-state index contributed by atoms with van der Waals surface area (Å²) in [5.74, 6) is 0.977. The topological polar surface area (TPSA) is 47.3 Å². The fourth-order valence-corrected chi connectivity index (χ4v) is 2.66. The van der Waals surface area contributed by atoms with Gasteiger partial charge in [0, 0.05) is 13.2 Å². The molecular formula is C12H24N2O. The van der Waals surface area contributed by atoms with Crippen LogP contribution in [0.3, 0.4) is 0 Å². The van der Waals surface area contributed by atoms with E-state index >= 15 is 0 Å². The van der Waals surface area contributed by atoms with Crippen molar-refractivity contribution in [3.8, 4) is 0 Å². The van der Waals surface area contributed by atoms with Crippen LogP contribution in [0.5, 0.6) is 0 Å². The van der Waals surface area contributed by atoms with Crippen molar-refractivity contribution in [1.82, 2.24) is 5.32 Å². The second kappa shape index (κ2) is 4.81. The van der Waals surface area contributed by atoms with E-state index in [9.17, 15) is 0 Å². The zero-order chi connectivity index (χ0) is 10.7. The molecule has 1 aliphatic carbocycles. The Balaban J connectivity index is 1.74. The van der Waals surface area contributed by atoms with E-state index in [1.54, 1.807) is 0 Å². The van der Waals surface area contributed by atoms with Crippen LogP contribution in [-0.4, -0.2) is 31.3 Å². The Labute approximate surface area is 92.7 Å². The van der Waals surface area contributed by atoms with Gasteiger partial charge < -0.3 is 15.8 Å². The lowest BCUT2D eigenvalue weighted by atomic mass is 9.82. The van der Waals surface area contributed by atoms with E-state index in [1.807, 2.05) is 0 Å². The van der Waals surface area contributed by atoms with Crippen molar-refractivity contribution in [1.29, 1.82) is 0 Å². The molecule has 1 heterocycles. The third-order valence-corrected chi connectivity index (χ3v) is 4.31. The van der Waals surface area contributed by atoms with Crippen LogP contribution in [0.1, 0.15) is 39.0 Å². The molecule has 0 spiro atoms. The van der Waals surface area contributed by atoms with Crippen molar-refractivity contribution in [2.45, 2.75) is 50.7 Å². The molecule has 1 saturated carbocycles. The van der Waals surface area contributed by atoms with Gasteiger partial charge >= 0.3 is 0 Å². The van der Waals surface area contributed by atoms with Gasteiger partial charge in [0.05, 0.1) is 11.6 Å². The molecule has 3 heteroatoms. The molecule has 15 heavy (non-hydrogen) atoms. The van der Waals surface area contributed by atoms with Gasteiger partial charge in [-0.3, -0.25) is 0 Å². The zero-order valence-corrected chi connectivity index (χ0v) is 9.80. The summed E-state index contributed by atoms with van der Waals surface area (Å²) in [6, 6.07) is 0. The number of nitrogens with one attached hydrogen (secondary N) is 1. The lowest BCUT2D eigenvalue weighted by Gasteiger charge is -2.34. The molecule has 0 aromatic heterocycles. The lowest BCUT2D eigenvalue weighted by Crippen LogP contribution is -2.56. The van der Waals surface area contributed by atoms with Crippen molar-refractivity contribution < 1.29 is 4.74 Å². The third kappa shape index (κ3) is 2.35. The van der Waals surface area contributed by atoms with Gasteiger partial charge in [-0.05, 0) is 32.2 Å². The van der Waals surface area contributed by atoms with Gasteiger partial charge in [-0.1, -0.05) is 19.3 Å². The van der Waals surface area contributed by atoms with Gasteiger partial charge in [-0.2, -0.15) is 0 Å². The smallest absolute Gasteiger partial charge is 0.0741 e. The second-order valence-corrected chi connectivity index (χ2v) is 5.14. The Hall–Kier alpha value is -0.120. The average Bonchev–Trinajstić information content (AvgIpc) is 2.53. The summed E-state index contributed by atoms with van der Waals surface area (Å²) in [6.45, 7) is 4.79. The highest BCUT2D eigenvalue weighted by atomic mass is 16.5.